The maximum absolute atomic E-state index is 11.9. The van der Waals surface area contributed by atoms with Crippen LogP contribution in [-0.4, -0.2) is 34.1 Å². The van der Waals surface area contributed by atoms with E-state index >= 15 is 0 Å². The molecule has 102 valence electrons. The predicted octanol–water partition coefficient (Wildman–Crippen LogP) is 1.42. The standard InChI is InChI=1S/C12H12BrNO5/c1-6-4-7(13)2-3-8(6)11(17)14-9(12(18)19)5-10(15)16/h2-4,9H,5H2,1H3,(H,14,17)(H,15,16)(H,18,19)/t9-/m1/s1. The van der Waals surface area contributed by atoms with Gasteiger partial charge < -0.3 is 15.5 Å². The van der Waals surface area contributed by atoms with E-state index in [1.165, 1.54) is 6.07 Å². The van der Waals surface area contributed by atoms with Gasteiger partial charge in [-0.15, -0.1) is 0 Å². The summed E-state index contributed by atoms with van der Waals surface area (Å²) in [6, 6.07) is 3.44. The molecule has 0 aliphatic carbocycles. The molecule has 19 heavy (non-hydrogen) atoms. The third-order valence-corrected chi connectivity index (χ3v) is 2.91. The molecule has 0 heterocycles. The first kappa shape index (κ1) is 15.2. The van der Waals surface area contributed by atoms with E-state index in [-0.39, 0.29) is 0 Å². The highest BCUT2D eigenvalue weighted by molar-refractivity contribution is 9.10. The van der Waals surface area contributed by atoms with Crippen molar-refractivity contribution in [1.29, 1.82) is 0 Å². The molecule has 0 unspecified atom stereocenters. The maximum atomic E-state index is 11.9. The average molecular weight is 330 g/mol. The molecule has 1 rings (SSSR count). The lowest BCUT2D eigenvalue weighted by Gasteiger charge is -2.13. The fourth-order valence-corrected chi connectivity index (χ4v) is 1.97. The van der Waals surface area contributed by atoms with E-state index in [0.717, 1.165) is 4.47 Å². The SMILES string of the molecule is Cc1cc(Br)ccc1C(=O)N[C@H](CC(=O)O)C(=O)O. The van der Waals surface area contributed by atoms with E-state index in [1.54, 1.807) is 19.1 Å². The number of carboxylic acid groups (broad SMARTS) is 2. The van der Waals surface area contributed by atoms with E-state index in [0.29, 0.717) is 11.1 Å². The van der Waals surface area contributed by atoms with Gasteiger partial charge >= 0.3 is 11.9 Å². The summed E-state index contributed by atoms with van der Waals surface area (Å²) in [5, 5.41) is 19.6. The number of aryl methyl sites for hydroxylation is 1. The van der Waals surface area contributed by atoms with Crippen molar-refractivity contribution < 1.29 is 24.6 Å². The number of carboxylic acids is 2. The van der Waals surface area contributed by atoms with Crippen molar-refractivity contribution in [3.63, 3.8) is 0 Å². The second-order valence-corrected chi connectivity index (χ2v) is 4.84. The number of rotatable bonds is 5. The molecular weight excluding hydrogens is 318 g/mol. The van der Waals surface area contributed by atoms with Gasteiger partial charge in [0.2, 0.25) is 0 Å². The van der Waals surface area contributed by atoms with Crippen molar-refractivity contribution in [3.05, 3.63) is 33.8 Å². The number of hydrogen-bond acceptors (Lipinski definition) is 3. The van der Waals surface area contributed by atoms with Gasteiger partial charge in [0.1, 0.15) is 6.04 Å². The summed E-state index contributed by atoms with van der Waals surface area (Å²) in [6.07, 6.45) is -0.670. The lowest BCUT2D eigenvalue weighted by molar-refractivity contribution is -0.145. The minimum absolute atomic E-state index is 0.305. The molecule has 0 aliphatic heterocycles. The fraction of sp³-hybridized carbons (Fsp3) is 0.250. The summed E-state index contributed by atoms with van der Waals surface area (Å²) in [6.45, 7) is 1.70. The largest absolute Gasteiger partial charge is 0.481 e. The second kappa shape index (κ2) is 6.33. The summed E-state index contributed by atoms with van der Waals surface area (Å²) in [5.41, 5.74) is 0.964. The minimum atomic E-state index is -1.45. The minimum Gasteiger partial charge on any atom is -0.481 e. The first-order chi connectivity index (χ1) is 8.81. The van der Waals surface area contributed by atoms with Crippen molar-refractivity contribution in [3.8, 4) is 0 Å². The van der Waals surface area contributed by atoms with Crippen molar-refractivity contribution in [2.45, 2.75) is 19.4 Å². The van der Waals surface area contributed by atoms with E-state index in [9.17, 15) is 14.4 Å². The highest BCUT2D eigenvalue weighted by Gasteiger charge is 2.24. The van der Waals surface area contributed by atoms with Crippen molar-refractivity contribution in [1.82, 2.24) is 5.32 Å². The number of hydrogen-bond donors (Lipinski definition) is 3. The fourth-order valence-electron chi connectivity index (χ4n) is 1.49. The molecule has 3 N–H and O–H groups in total. The Morgan fingerprint density at radius 3 is 2.42 bits per heavy atom. The molecule has 1 aromatic carbocycles. The summed E-state index contributed by atoms with van der Waals surface area (Å²) in [7, 11) is 0. The van der Waals surface area contributed by atoms with Crippen LogP contribution in [-0.2, 0) is 9.59 Å². The number of aliphatic carboxylic acids is 2. The van der Waals surface area contributed by atoms with Gasteiger partial charge in [0.15, 0.2) is 0 Å². The predicted molar refractivity (Wildman–Crippen MR) is 70.0 cm³/mol. The van der Waals surface area contributed by atoms with Crippen LogP contribution in [0.1, 0.15) is 22.3 Å². The lowest BCUT2D eigenvalue weighted by Crippen LogP contribution is -2.42. The zero-order valence-electron chi connectivity index (χ0n) is 10.0. The van der Waals surface area contributed by atoms with E-state index in [4.69, 9.17) is 10.2 Å². The highest BCUT2D eigenvalue weighted by Crippen LogP contribution is 2.16. The van der Waals surface area contributed by atoms with Crippen LogP contribution < -0.4 is 5.32 Å². The Bertz CT molecular complexity index is 529. The number of halogens is 1. The average Bonchev–Trinajstić information content (AvgIpc) is 2.26. The van der Waals surface area contributed by atoms with Crippen molar-refractivity contribution >= 4 is 33.8 Å². The molecule has 6 nitrogen and oxygen atoms in total. The quantitative estimate of drug-likeness (QED) is 0.757. The first-order valence-electron chi connectivity index (χ1n) is 5.33. The summed E-state index contributed by atoms with van der Waals surface area (Å²) in [5.74, 6) is -3.29. The van der Waals surface area contributed by atoms with Gasteiger partial charge in [0, 0.05) is 10.0 Å². The summed E-state index contributed by atoms with van der Waals surface area (Å²) < 4.78 is 0.793. The Hall–Kier alpha value is -1.89. The number of amides is 1. The van der Waals surface area contributed by atoms with Gasteiger partial charge in [-0.1, -0.05) is 15.9 Å². The smallest absolute Gasteiger partial charge is 0.326 e. The van der Waals surface area contributed by atoms with Crippen LogP contribution in [0.15, 0.2) is 22.7 Å². The van der Waals surface area contributed by atoms with Crippen molar-refractivity contribution in [2.75, 3.05) is 0 Å². The molecular formula is C12H12BrNO5. The van der Waals surface area contributed by atoms with Gasteiger partial charge in [-0.25, -0.2) is 4.79 Å². The number of carbonyl (C=O) groups excluding carboxylic acids is 1. The number of carbonyl (C=O) groups is 3. The number of nitrogens with one attached hydrogen (secondary N) is 1. The highest BCUT2D eigenvalue weighted by atomic mass is 79.9. The van der Waals surface area contributed by atoms with Crippen LogP contribution in [0.5, 0.6) is 0 Å². The van der Waals surface area contributed by atoms with E-state index in [1.807, 2.05) is 0 Å². The van der Waals surface area contributed by atoms with E-state index in [2.05, 4.69) is 21.2 Å². The normalized spacial score (nSPS) is 11.7. The van der Waals surface area contributed by atoms with Crippen LogP contribution in [0.3, 0.4) is 0 Å². The second-order valence-electron chi connectivity index (χ2n) is 3.92. The Labute approximate surface area is 117 Å². The molecule has 0 saturated carbocycles. The zero-order valence-corrected chi connectivity index (χ0v) is 11.6. The van der Waals surface area contributed by atoms with Gasteiger partial charge in [-0.2, -0.15) is 0 Å². The van der Waals surface area contributed by atoms with Crippen LogP contribution in [0.4, 0.5) is 0 Å². The summed E-state index contributed by atoms with van der Waals surface area (Å²) >= 11 is 3.25. The number of benzene rings is 1. The van der Waals surface area contributed by atoms with Crippen LogP contribution >= 0.6 is 15.9 Å². The van der Waals surface area contributed by atoms with Gasteiger partial charge in [0.05, 0.1) is 6.42 Å². The molecule has 0 radical (unpaired) electrons. The maximum Gasteiger partial charge on any atom is 0.326 e. The van der Waals surface area contributed by atoms with Crippen LogP contribution in [0.25, 0.3) is 0 Å². The van der Waals surface area contributed by atoms with Gasteiger partial charge in [0.25, 0.3) is 5.91 Å². The van der Waals surface area contributed by atoms with Gasteiger partial charge in [-0.05, 0) is 30.7 Å². The van der Waals surface area contributed by atoms with Crippen LogP contribution in [0, 0.1) is 6.92 Å². The van der Waals surface area contributed by atoms with Crippen molar-refractivity contribution in [2.24, 2.45) is 0 Å². The Balaban J connectivity index is 2.87. The Morgan fingerprint density at radius 2 is 1.95 bits per heavy atom. The third-order valence-electron chi connectivity index (χ3n) is 2.42. The van der Waals surface area contributed by atoms with E-state index < -0.39 is 30.3 Å². The topological polar surface area (TPSA) is 104 Å². The molecule has 0 bridgehead atoms. The molecule has 0 saturated heterocycles. The zero-order chi connectivity index (χ0) is 14.6. The molecule has 1 atom stereocenters. The molecule has 0 fully saturated rings. The summed E-state index contributed by atoms with van der Waals surface area (Å²) in [4.78, 5) is 33.3. The first-order valence-corrected chi connectivity index (χ1v) is 6.12. The molecule has 0 aliphatic rings. The third kappa shape index (κ3) is 4.36. The Kier molecular flexibility index (Phi) is 5.05. The molecule has 0 spiro atoms. The molecule has 1 aromatic rings. The van der Waals surface area contributed by atoms with Crippen LogP contribution in [0.2, 0.25) is 0 Å². The monoisotopic (exact) mass is 329 g/mol. The van der Waals surface area contributed by atoms with Gasteiger partial charge in [-0.3, -0.25) is 9.59 Å². The lowest BCUT2D eigenvalue weighted by atomic mass is 10.1. The molecule has 1 amide bonds. The molecule has 7 heteroatoms. The molecule has 0 aromatic heterocycles. The Morgan fingerprint density at radius 1 is 1.32 bits per heavy atom.